The smallest absolute Gasteiger partial charge is 0.317 e. The monoisotopic (exact) mass is 286 g/mol. The lowest BCUT2D eigenvalue weighted by atomic mass is 9.95. The number of urea groups is 1. The lowest BCUT2D eigenvalue weighted by Gasteiger charge is -2.26. The van der Waals surface area contributed by atoms with Gasteiger partial charge in [-0.25, -0.2) is 4.79 Å². The fourth-order valence-corrected chi connectivity index (χ4v) is 2.59. The molecule has 0 bridgehead atoms. The minimum absolute atomic E-state index is 0.195. The maximum Gasteiger partial charge on any atom is 0.317 e. The van der Waals surface area contributed by atoms with Crippen LogP contribution in [0.15, 0.2) is 0 Å². The lowest BCUT2D eigenvalue weighted by Crippen LogP contribution is -2.48. The molecular formula is C14H26N2O4. The van der Waals surface area contributed by atoms with E-state index in [2.05, 4.69) is 5.32 Å². The molecule has 2 unspecified atom stereocenters. The molecule has 2 amide bonds. The Kier molecular flexibility index (Phi) is 7.36. The topological polar surface area (TPSA) is 78.9 Å². The number of aliphatic carboxylic acids is 1. The van der Waals surface area contributed by atoms with Crippen molar-refractivity contribution < 1.29 is 19.4 Å². The Balaban J connectivity index is 2.50. The van der Waals surface area contributed by atoms with Crippen LogP contribution in [0.1, 0.15) is 38.5 Å². The first kappa shape index (κ1) is 16.8. The van der Waals surface area contributed by atoms with Crippen LogP contribution < -0.4 is 5.32 Å². The minimum atomic E-state index is -0.806. The molecule has 0 aliphatic heterocycles. The maximum absolute atomic E-state index is 12.1. The number of hydrogen-bond donors (Lipinski definition) is 2. The van der Waals surface area contributed by atoms with Gasteiger partial charge in [-0.2, -0.15) is 0 Å². The Morgan fingerprint density at radius 3 is 2.65 bits per heavy atom. The summed E-state index contributed by atoms with van der Waals surface area (Å²) < 4.78 is 4.95. The largest absolute Gasteiger partial charge is 0.481 e. The van der Waals surface area contributed by atoms with Crippen molar-refractivity contribution in [1.82, 2.24) is 10.2 Å². The summed E-state index contributed by atoms with van der Waals surface area (Å²) in [4.78, 5) is 25.0. The summed E-state index contributed by atoms with van der Waals surface area (Å²) in [5.41, 5.74) is 0. The Hall–Kier alpha value is -1.30. The van der Waals surface area contributed by atoms with Crippen LogP contribution in [0.4, 0.5) is 4.79 Å². The number of rotatable bonds is 6. The van der Waals surface area contributed by atoms with E-state index in [1.807, 2.05) is 0 Å². The van der Waals surface area contributed by atoms with Crippen LogP contribution >= 0.6 is 0 Å². The fraction of sp³-hybridized carbons (Fsp3) is 0.857. The summed E-state index contributed by atoms with van der Waals surface area (Å²) in [5, 5.41) is 12.2. The standard InChI is InChI=1S/C14H26N2O4/c1-16(9-6-10-20-2)14(19)15-12-8-5-3-4-7-11(12)13(17)18/h11-12H,3-10H2,1-2H3,(H,15,19)(H,17,18). The van der Waals surface area contributed by atoms with Gasteiger partial charge in [0.2, 0.25) is 0 Å². The molecule has 0 aromatic heterocycles. The van der Waals surface area contributed by atoms with E-state index in [0.29, 0.717) is 19.6 Å². The zero-order chi connectivity index (χ0) is 15.0. The van der Waals surface area contributed by atoms with E-state index in [1.165, 1.54) is 0 Å². The highest BCUT2D eigenvalue weighted by Gasteiger charge is 2.31. The van der Waals surface area contributed by atoms with E-state index in [4.69, 9.17) is 4.74 Å². The van der Waals surface area contributed by atoms with Crippen LogP contribution in [0, 0.1) is 5.92 Å². The van der Waals surface area contributed by atoms with Gasteiger partial charge in [-0.05, 0) is 19.3 Å². The molecule has 1 aliphatic carbocycles. The first-order chi connectivity index (χ1) is 9.56. The van der Waals surface area contributed by atoms with Crippen LogP contribution in [-0.4, -0.2) is 55.4 Å². The van der Waals surface area contributed by atoms with Crippen molar-refractivity contribution in [3.05, 3.63) is 0 Å². The van der Waals surface area contributed by atoms with Gasteiger partial charge in [-0.15, -0.1) is 0 Å². The summed E-state index contributed by atoms with van der Waals surface area (Å²) in [5.74, 6) is -1.27. The van der Waals surface area contributed by atoms with Gasteiger partial charge in [-0.3, -0.25) is 4.79 Å². The van der Waals surface area contributed by atoms with E-state index in [1.54, 1.807) is 19.1 Å². The molecule has 2 N–H and O–H groups in total. The Morgan fingerprint density at radius 2 is 2.00 bits per heavy atom. The van der Waals surface area contributed by atoms with Gasteiger partial charge in [0.1, 0.15) is 0 Å². The zero-order valence-corrected chi connectivity index (χ0v) is 12.4. The lowest BCUT2D eigenvalue weighted by molar-refractivity contribution is -0.142. The predicted octanol–water partition coefficient (Wildman–Crippen LogP) is 1.70. The van der Waals surface area contributed by atoms with Gasteiger partial charge in [0.25, 0.3) is 0 Å². The molecular weight excluding hydrogens is 260 g/mol. The van der Waals surface area contributed by atoms with Crippen molar-refractivity contribution in [3.63, 3.8) is 0 Å². The summed E-state index contributed by atoms with van der Waals surface area (Å²) in [6, 6.07) is -0.452. The molecule has 0 saturated heterocycles. The van der Waals surface area contributed by atoms with Gasteiger partial charge >= 0.3 is 12.0 Å². The average Bonchev–Trinajstić information content (AvgIpc) is 2.64. The predicted molar refractivity (Wildman–Crippen MR) is 75.7 cm³/mol. The van der Waals surface area contributed by atoms with Crippen LogP contribution in [0.2, 0.25) is 0 Å². The van der Waals surface area contributed by atoms with E-state index >= 15 is 0 Å². The third-order valence-corrected chi connectivity index (χ3v) is 3.83. The number of methoxy groups -OCH3 is 1. The molecule has 1 saturated carbocycles. The average molecular weight is 286 g/mol. The van der Waals surface area contributed by atoms with Gasteiger partial charge in [0.15, 0.2) is 0 Å². The number of carbonyl (C=O) groups is 2. The van der Waals surface area contributed by atoms with Crippen molar-refractivity contribution in [3.8, 4) is 0 Å². The second-order valence-electron chi connectivity index (χ2n) is 5.41. The SMILES string of the molecule is COCCCN(C)C(=O)NC1CCCCCC1C(=O)O. The van der Waals surface area contributed by atoms with Gasteiger partial charge < -0.3 is 20.1 Å². The van der Waals surface area contributed by atoms with E-state index < -0.39 is 11.9 Å². The summed E-state index contributed by atoms with van der Waals surface area (Å²) >= 11 is 0. The van der Waals surface area contributed by atoms with Crippen LogP contribution in [0.3, 0.4) is 0 Å². The summed E-state index contributed by atoms with van der Waals surface area (Å²) in [6.45, 7) is 1.21. The molecule has 6 nitrogen and oxygen atoms in total. The maximum atomic E-state index is 12.1. The van der Waals surface area contributed by atoms with E-state index in [0.717, 1.165) is 32.1 Å². The molecule has 0 radical (unpaired) electrons. The number of carbonyl (C=O) groups excluding carboxylic acids is 1. The number of amides is 2. The van der Waals surface area contributed by atoms with Crippen LogP contribution in [0.5, 0.6) is 0 Å². The molecule has 1 rings (SSSR count). The van der Waals surface area contributed by atoms with Crippen molar-refractivity contribution in [2.24, 2.45) is 5.92 Å². The molecule has 20 heavy (non-hydrogen) atoms. The first-order valence-corrected chi connectivity index (χ1v) is 7.29. The van der Waals surface area contributed by atoms with Crippen LogP contribution in [-0.2, 0) is 9.53 Å². The third kappa shape index (κ3) is 5.36. The normalized spacial score (nSPS) is 22.9. The highest BCUT2D eigenvalue weighted by molar-refractivity contribution is 5.76. The summed E-state index contributed by atoms with van der Waals surface area (Å²) in [6.07, 6.45) is 5.10. The molecule has 1 fully saturated rings. The number of carboxylic acids is 1. The molecule has 0 aromatic carbocycles. The number of nitrogens with one attached hydrogen (secondary N) is 1. The third-order valence-electron chi connectivity index (χ3n) is 3.83. The van der Waals surface area contributed by atoms with Crippen LogP contribution in [0.25, 0.3) is 0 Å². The molecule has 1 aliphatic rings. The second-order valence-corrected chi connectivity index (χ2v) is 5.41. The van der Waals surface area contributed by atoms with E-state index in [-0.39, 0.29) is 12.1 Å². The zero-order valence-electron chi connectivity index (χ0n) is 12.4. The molecule has 0 spiro atoms. The van der Waals surface area contributed by atoms with Crippen molar-refractivity contribution in [2.45, 2.75) is 44.6 Å². The number of ether oxygens (including phenoxy) is 1. The Labute approximate surface area is 120 Å². The Bertz CT molecular complexity index is 322. The molecule has 2 atom stereocenters. The Morgan fingerprint density at radius 1 is 1.30 bits per heavy atom. The number of nitrogens with zero attached hydrogens (tertiary/aromatic N) is 1. The van der Waals surface area contributed by atoms with Crippen molar-refractivity contribution in [1.29, 1.82) is 0 Å². The summed E-state index contributed by atoms with van der Waals surface area (Å²) in [7, 11) is 3.35. The molecule has 0 heterocycles. The molecule has 116 valence electrons. The first-order valence-electron chi connectivity index (χ1n) is 7.29. The van der Waals surface area contributed by atoms with Gasteiger partial charge in [-0.1, -0.05) is 19.3 Å². The second kappa shape index (κ2) is 8.79. The highest BCUT2D eigenvalue weighted by Crippen LogP contribution is 2.24. The highest BCUT2D eigenvalue weighted by atomic mass is 16.5. The van der Waals surface area contributed by atoms with E-state index in [9.17, 15) is 14.7 Å². The van der Waals surface area contributed by atoms with Crippen molar-refractivity contribution >= 4 is 12.0 Å². The fourth-order valence-electron chi connectivity index (χ4n) is 2.59. The number of hydrogen-bond acceptors (Lipinski definition) is 3. The van der Waals surface area contributed by atoms with Gasteiger partial charge in [0.05, 0.1) is 5.92 Å². The number of carboxylic acid groups (broad SMARTS) is 1. The molecule has 6 heteroatoms. The minimum Gasteiger partial charge on any atom is -0.481 e. The van der Waals surface area contributed by atoms with Crippen molar-refractivity contribution in [2.75, 3.05) is 27.3 Å². The molecule has 0 aromatic rings. The van der Waals surface area contributed by atoms with Gasteiger partial charge in [0, 0.05) is 33.4 Å². The quantitative estimate of drug-likeness (QED) is 0.575.